The van der Waals surface area contributed by atoms with Gasteiger partial charge in [-0.05, 0) is 105 Å². The Balaban J connectivity index is 0.000000239. The topological polar surface area (TPSA) is 157 Å². The first-order valence-corrected chi connectivity index (χ1v) is 26.5. The Morgan fingerprint density at radius 3 is 1.44 bits per heavy atom. The monoisotopic (exact) mass is 936 g/mol. The number of aryl methyl sites for hydroxylation is 2. The SMILES string of the molecule is CCOC(=O)Cn1nc(C)cc1-c1ccc(-c2cccc(S(C)(=O)=O)c2)s1.CSCCl.CSCOC(=O)Cn1nc(C)cc1-c1ccc(-c2cccc(S(C)(=O)=O)c2)s1. The Morgan fingerprint density at radius 2 is 1.07 bits per heavy atom. The standard InChI is InChI=1S/C19H20N2O4S3.C19H20N2O4S2.C2H5ClS/c1-13-9-16(21(20-13)11-19(22)25-12-26-2)18-8-7-17(27-18)14-5-4-6-15(10-14)28(3,23)24;1-4-25-19(22)12-21-16(10-13(2)20-21)18-9-8-17(26-18)14-6-5-7-15(11-14)27(3,23)24;1-4-2-3/h4-10H,11-12H2,1-3H3;5-11H,4,12H2,1-3H3;2H2,1H3. The first kappa shape index (κ1) is 47.8. The van der Waals surface area contributed by atoms with E-state index in [4.69, 9.17) is 21.1 Å². The molecule has 0 atom stereocenters. The summed E-state index contributed by atoms with van der Waals surface area (Å²) in [6, 6.07) is 25.4. The number of aromatic nitrogens is 4. The van der Waals surface area contributed by atoms with Crippen molar-refractivity contribution in [1.29, 1.82) is 0 Å². The van der Waals surface area contributed by atoms with Gasteiger partial charge in [0.05, 0.1) is 54.1 Å². The molecule has 59 heavy (non-hydrogen) atoms. The minimum Gasteiger partial charge on any atom is -0.465 e. The van der Waals surface area contributed by atoms with E-state index in [1.54, 1.807) is 64.4 Å². The van der Waals surface area contributed by atoms with Gasteiger partial charge < -0.3 is 9.47 Å². The number of hydrogen-bond donors (Lipinski definition) is 0. The molecule has 2 aromatic carbocycles. The maximum absolute atomic E-state index is 12.0. The molecule has 0 spiro atoms. The molecule has 4 heterocycles. The maximum Gasteiger partial charge on any atom is 0.328 e. The van der Waals surface area contributed by atoms with Gasteiger partial charge in [-0.3, -0.25) is 19.0 Å². The van der Waals surface area contributed by atoms with Crippen molar-refractivity contribution in [2.75, 3.05) is 42.8 Å². The van der Waals surface area contributed by atoms with Crippen molar-refractivity contribution in [3.8, 4) is 42.0 Å². The van der Waals surface area contributed by atoms with Crippen molar-refractivity contribution >= 4 is 89.4 Å². The highest BCUT2D eigenvalue weighted by atomic mass is 35.5. The van der Waals surface area contributed by atoms with Crippen molar-refractivity contribution in [3.63, 3.8) is 0 Å². The van der Waals surface area contributed by atoms with Crippen LogP contribution in [0.4, 0.5) is 0 Å². The molecule has 0 fully saturated rings. The van der Waals surface area contributed by atoms with Crippen LogP contribution in [0.2, 0.25) is 0 Å². The number of alkyl halides is 1. The summed E-state index contributed by atoms with van der Waals surface area (Å²) in [6.07, 6.45) is 6.22. The second-order valence-electron chi connectivity index (χ2n) is 12.7. The number of hydrogen-bond acceptors (Lipinski definition) is 14. The summed E-state index contributed by atoms with van der Waals surface area (Å²) in [7, 11) is -6.53. The van der Waals surface area contributed by atoms with Crippen LogP contribution in [0.15, 0.2) is 94.7 Å². The van der Waals surface area contributed by atoms with Crippen LogP contribution in [-0.4, -0.2) is 91.1 Å². The van der Waals surface area contributed by atoms with Crippen LogP contribution in [0, 0.1) is 13.8 Å². The lowest BCUT2D eigenvalue weighted by Crippen LogP contribution is -2.15. The lowest BCUT2D eigenvalue weighted by Gasteiger charge is -2.06. The summed E-state index contributed by atoms with van der Waals surface area (Å²) < 4.78 is 60.6. The normalized spacial score (nSPS) is 11.3. The van der Waals surface area contributed by atoms with Crippen LogP contribution in [0.3, 0.4) is 0 Å². The number of ether oxygens (including phenoxy) is 2. The Kier molecular flexibility index (Phi) is 17.9. The average molecular weight is 938 g/mol. The molecule has 0 aliphatic carbocycles. The van der Waals surface area contributed by atoms with Crippen LogP contribution < -0.4 is 0 Å². The van der Waals surface area contributed by atoms with E-state index >= 15 is 0 Å². The number of esters is 2. The van der Waals surface area contributed by atoms with E-state index in [1.807, 2.05) is 74.9 Å². The predicted molar refractivity (Wildman–Crippen MR) is 243 cm³/mol. The molecule has 0 saturated heterocycles. The lowest BCUT2D eigenvalue weighted by molar-refractivity contribution is -0.144. The second kappa shape index (κ2) is 22.1. The van der Waals surface area contributed by atoms with Gasteiger partial charge in [-0.2, -0.15) is 10.2 Å². The Labute approximate surface area is 367 Å². The lowest BCUT2D eigenvalue weighted by atomic mass is 10.2. The Morgan fingerprint density at radius 1 is 0.661 bits per heavy atom. The highest BCUT2D eigenvalue weighted by molar-refractivity contribution is 7.99. The second-order valence-corrected chi connectivity index (χ2v) is 21.2. The van der Waals surface area contributed by atoms with E-state index in [2.05, 4.69) is 10.2 Å². The first-order chi connectivity index (χ1) is 28.0. The largest absolute Gasteiger partial charge is 0.465 e. The molecule has 6 rings (SSSR count). The van der Waals surface area contributed by atoms with Gasteiger partial charge in [0.1, 0.15) is 19.0 Å². The fourth-order valence-electron chi connectivity index (χ4n) is 5.37. The number of nitrogens with zero attached hydrogens (tertiary/aromatic N) is 4. The van der Waals surface area contributed by atoms with E-state index in [1.165, 1.54) is 46.9 Å². The van der Waals surface area contributed by atoms with Gasteiger partial charge >= 0.3 is 11.9 Å². The molecule has 0 bridgehead atoms. The van der Waals surface area contributed by atoms with E-state index in [9.17, 15) is 26.4 Å². The van der Waals surface area contributed by atoms with Gasteiger partial charge in [0, 0.05) is 22.3 Å². The van der Waals surface area contributed by atoms with E-state index in [-0.39, 0.29) is 34.8 Å². The van der Waals surface area contributed by atoms with Crippen LogP contribution in [0.1, 0.15) is 18.3 Å². The molecule has 316 valence electrons. The summed E-state index contributed by atoms with van der Waals surface area (Å²) >= 11 is 11.2. The van der Waals surface area contributed by atoms with Gasteiger partial charge in [-0.25, -0.2) is 16.8 Å². The highest BCUT2D eigenvalue weighted by Crippen LogP contribution is 2.37. The molecule has 0 amide bonds. The van der Waals surface area contributed by atoms with Crippen molar-refractivity contribution < 1.29 is 35.9 Å². The number of halogens is 1. The summed E-state index contributed by atoms with van der Waals surface area (Å²) in [5.74, 6) is -0.357. The van der Waals surface area contributed by atoms with Crippen molar-refractivity contribution in [1.82, 2.24) is 19.6 Å². The highest BCUT2D eigenvalue weighted by Gasteiger charge is 2.17. The van der Waals surface area contributed by atoms with Crippen LogP contribution in [-0.2, 0) is 51.8 Å². The fourth-order valence-corrected chi connectivity index (χ4v) is 9.00. The molecule has 0 aliphatic heterocycles. The molecule has 4 aromatic heterocycles. The zero-order valence-corrected chi connectivity index (χ0v) is 39.2. The third kappa shape index (κ3) is 14.1. The minimum absolute atomic E-state index is 0.0422. The smallest absolute Gasteiger partial charge is 0.328 e. The zero-order chi connectivity index (χ0) is 43.3. The molecule has 0 unspecified atom stereocenters. The first-order valence-electron chi connectivity index (χ1n) is 17.7. The number of carbonyl (C=O) groups is 2. The third-order valence-electron chi connectivity index (χ3n) is 7.92. The summed E-state index contributed by atoms with van der Waals surface area (Å²) in [6.45, 7) is 5.93. The number of benzene rings is 2. The molecular weight excluding hydrogens is 892 g/mol. The Hall–Kier alpha value is -3.91. The summed E-state index contributed by atoms with van der Waals surface area (Å²) in [5, 5.41) is 9.49. The molecule has 19 heteroatoms. The zero-order valence-electron chi connectivity index (χ0n) is 33.5. The van der Waals surface area contributed by atoms with Gasteiger partial charge in [0.25, 0.3) is 0 Å². The van der Waals surface area contributed by atoms with Crippen molar-refractivity contribution in [2.24, 2.45) is 0 Å². The molecule has 0 radical (unpaired) electrons. The van der Waals surface area contributed by atoms with E-state index in [0.29, 0.717) is 17.8 Å². The van der Waals surface area contributed by atoms with Crippen LogP contribution in [0.25, 0.3) is 42.0 Å². The molecule has 6 aromatic rings. The van der Waals surface area contributed by atoms with Gasteiger partial charge in [0.2, 0.25) is 0 Å². The molecule has 0 aliphatic rings. The molecular formula is C40H45ClN4O8S6. The molecule has 12 nitrogen and oxygen atoms in total. The number of carbonyl (C=O) groups excluding carboxylic acids is 2. The minimum atomic E-state index is -3.27. The number of thioether (sulfide) groups is 2. The maximum atomic E-state index is 12.0. The van der Waals surface area contributed by atoms with E-state index in [0.717, 1.165) is 53.4 Å². The quantitative estimate of drug-likeness (QED) is 0.0581. The average Bonchev–Trinajstić information content (AvgIpc) is 4.01. The van der Waals surface area contributed by atoms with Crippen molar-refractivity contribution in [3.05, 3.63) is 96.3 Å². The third-order valence-corrected chi connectivity index (χ3v) is 13.7. The number of thiophene rings is 2. The molecule has 0 N–H and O–H groups in total. The van der Waals surface area contributed by atoms with E-state index < -0.39 is 19.7 Å². The molecule has 0 saturated carbocycles. The summed E-state index contributed by atoms with van der Waals surface area (Å²) in [5.41, 5.74) is 4.94. The van der Waals surface area contributed by atoms with Gasteiger partial charge in [-0.15, -0.1) is 57.8 Å². The summed E-state index contributed by atoms with van der Waals surface area (Å²) in [4.78, 5) is 28.1. The van der Waals surface area contributed by atoms with Gasteiger partial charge in [0.15, 0.2) is 19.7 Å². The fraction of sp³-hybridized carbons (Fsp3) is 0.300. The number of sulfone groups is 2. The predicted octanol–water partition coefficient (Wildman–Crippen LogP) is 8.95. The van der Waals surface area contributed by atoms with Crippen molar-refractivity contribution in [2.45, 2.75) is 43.7 Å². The number of rotatable bonds is 14. The van der Waals surface area contributed by atoms with Gasteiger partial charge in [-0.1, -0.05) is 24.3 Å². The van der Waals surface area contributed by atoms with Crippen LogP contribution >= 0.6 is 57.8 Å². The van der Waals surface area contributed by atoms with Crippen LogP contribution in [0.5, 0.6) is 0 Å². The Bertz CT molecular complexity index is 2580.